The van der Waals surface area contributed by atoms with E-state index in [1.807, 2.05) is 26.0 Å². The number of aromatic nitrogens is 1. The highest BCUT2D eigenvalue weighted by atomic mass is 19.1. The number of nitrogens with one attached hydrogen (secondary N) is 1. The average Bonchev–Trinajstić information content (AvgIpc) is 3.02. The van der Waals surface area contributed by atoms with Crippen molar-refractivity contribution in [3.8, 4) is 0 Å². The number of benzene rings is 2. The molecule has 1 heterocycles. The predicted octanol–water partition coefficient (Wildman–Crippen LogP) is 5.01. The highest BCUT2D eigenvalue weighted by Gasteiger charge is 2.28. The fourth-order valence-corrected chi connectivity index (χ4v) is 3.31. The van der Waals surface area contributed by atoms with Crippen LogP contribution < -0.4 is 0 Å². The molecule has 140 valence electrons. The minimum Gasteiger partial charge on any atom is -0.481 e. The second-order valence-electron chi connectivity index (χ2n) is 6.81. The maximum absolute atomic E-state index is 13.9. The first-order valence-electron chi connectivity index (χ1n) is 8.60. The summed E-state index contributed by atoms with van der Waals surface area (Å²) in [5.41, 5.74) is 2.02. The molecule has 0 amide bonds. The Morgan fingerprint density at radius 2 is 1.85 bits per heavy atom. The number of carboxylic acid groups (broad SMARTS) is 1. The Hall–Kier alpha value is -3.02. The summed E-state index contributed by atoms with van der Waals surface area (Å²) in [6.45, 7) is 4.07. The van der Waals surface area contributed by atoms with Gasteiger partial charge < -0.3 is 10.1 Å². The number of Topliss-reactive ketones (excluding diaryl/α,β-unsaturated/α-hetero) is 1. The van der Waals surface area contributed by atoms with Crippen molar-refractivity contribution in [2.75, 3.05) is 0 Å². The van der Waals surface area contributed by atoms with Crippen molar-refractivity contribution in [3.05, 3.63) is 70.9 Å². The minimum absolute atomic E-state index is 0.235. The number of hydrogen-bond acceptors (Lipinski definition) is 2. The Labute approximate surface area is 154 Å². The summed E-state index contributed by atoms with van der Waals surface area (Å²) >= 11 is 0. The van der Waals surface area contributed by atoms with Crippen LogP contribution in [0.3, 0.4) is 0 Å². The molecule has 0 saturated carbocycles. The maximum Gasteiger partial charge on any atom is 0.311 e. The highest BCUT2D eigenvalue weighted by molar-refractivity contribution is 6.01. The van der Waals surface area contributed by atoms with Crippen molar-refractivity contribution in [3.63, 3.8) is 0 Å². The van der Waals surface area contributed by atoms with E-state index in [1.54, 1.807) is 12.3 Å². The van der Waals surface area contributed by atoms with Gasteiger partial charge in [0, 0.05) is 29.6 Å². The summed E-state index contributed by atoms with van der Waals surface area (Å²) in [7, 11) is 0. The zero-order valence-corrected chi connectivity index (χ0v) is 14.9. The highest BCUT2D eigenvalue weighted by Crippen LogP contribution is 2.33. The van der Waals surface area contributed by atoms with Gasteiger partial charge >= 0.3 is 5.97 Å². The summed E-state index contributed by atoms with van der Waals surface area (Å²) in [4.78, 5) is 27.4. The molecule has 3 aromatic rings. The molecular weight excluding hydrogens is 352 g/mol. The smallest absolute Gasteiger partial charge is 0.311 e. The lowest BCUT2D eigenvalue weighted by Gasteiger charge is -2.12. The summed E-state index contributed by atoms with van der Waals surface area (Å²) in [5, 5.41) is 10.4. The van der Waals surface area contributed by atoms with Gasteiger partial charge in [0.2, 0.25) is 0 Å². The third-order valence-electron chi connectivity index (χ3n) is 4.70. The molecule has 2 N–H and O–H groups in total. The van der Waals surface area contributed by atoms with Crippen LogP contribution in [0.1, 0.15) is 53.6 Å². The number of aromatic amines is 1. The van der Waals surface area contributed by atoms with Crippen molar-refractivity contribution < 1.29 is 23.5 Å². The first kappa shape index (κ1) is 18.8. The number of carboxylic acids is 1. The first-order chi connectivity index (χ1) is 12.8. The van der Waals surface area contributed by atoms with Gasteiger partial charge in [-0.1, -0.05) is 32.0 Å². The van der Waals surface area contributed by atoms with Gasteiger partial charge in [0.25, 0.3) is 0 Å². The number of hydrogen-bond donors (Lipinski definition) is 2. The molecule has 0 spiro atoms. The SMILES string of the molecule is CC(C)c1cccc2c(C(CC(=O)c3ccc(F)cc3F)C(=O)O)c[nH]c12. The largest absolute Gasteiger partial charge is 0.481 e. The second-order valence-corrected chi connectivity index (χ2v) is 6.81. The molecule has 27 heavy (non-hydrogen) atoms. The summed E-state index contributed by atoms with van der Waals surface area (Å²) in [6, 6.07) is 8.23. The summed E-state index contributed by atoms with van der Waals surface area (Å²) in [5.74, 6) is -4.56. The van der Waals surface area contributed by atoms with Crippen molar-refractivity contribution in [2.24, 2.45) is 0 Å². The molecule has 6 heteroatoms. The van der Waals surface area contributed by atoms with Gasteiger partial charge in [-0.05, 0) is 29.2 Å². The molecule has 1 atom stereocenters. The third-order valence-corrected chi connectivity index (χ3v) is 4.70. The Morgan fingerprint density at radius 3 is 2.48 bits per heavy atom. The minimum atomic E-state index is -1.18. The van der Waals surface area contributed by atoms with Gasteiger partial charge in [-0.3, -0.25) is 9.59 Å². The maximum atomic E-state index is 13.9. The molecule has 1 unspecified atom stereocenters. The number of aliphatic carboxylic acids is 1. The zero-order valence-electron chi connectivity index (χ0n) is 14.9. The molecule has 0 aliphatic carbocycles. The quantitative estimate of drug-likeness (QED) is 0.598. The van der Waals surface area contributed by atoms with Crippen molar-refractivity contribution in [1.82, 2.24) is 4.98 Å². The standard InChI is InChI=1S/C21H19F2NO3/c1-11(2)13-4-3-5-14-17(10-24-20(13)14)16(21(26)27)9-19(25)15-7-6-12(22)8-18(15)23/h3-8,10-11,16,24H,9H2,1-2H3,(H,26,27). The van der Waals surface area contributed by atoms with Crippen LogP contribution in [0.5, 0.6) is 0 Å². The Morgan fingerprint density at radius 1 is 1.11 bits per heavy atom. The van der Waals surface area contributed by atoms with Gasteiger partial charge in [-0.2, -0.15) is 0 Å². The van der Waals surface area contributed by atoms with Gasteiger partial charge in [0.1, 0.15) is 11.6 Å². The van der Waals surface area contributed by atoms with E-state index in [2.05, 4.69) is 4.98 Å². The van der Waals surface area contributed by atoms with E-state index in [0.29, 0.717) is 11.6 Å². The van der Waals surface area contributed by atoms with Crippen LogP contribution in [0.2, 0.25) is 0 Å². The van der Waals surface area contributed by atoms with E-state index in [9.17, 15) is 23.5 Å². The average molecular weight is 371 g/mol. The van der Waals surface area contributed by atoms with Gasteiger partial charge in [-0.15, -0.1) is 0 Å². The Balaban J connectivity index is 1.99. The van der Waals surface area contributed by atoms with Gasteiger partial charge in [0.05, 0.1) is 11.5 Å². The number of rotatable bonds is 6. The molecular formula is C21H19F2NO3. The number of carbonyl (C=O) groups excluding carboxylic acids is 1. The predicted molar refractivity (Wildman–Crippen MR) is 98.1 cm³/mol. The van der Waals surface area contributed by atoms with E-state index < -0.39 is 35.7 Å². The molecule has 0 bridgehead atoms. The lowest BCUT2D eigenvalue weighted by atomic mass is 9.90. The number of halogens is 2. The van der Waals surface area contributed by atoms with E-state index in [-0.39, 0.29) is 11.5 Å². The fourth-order valence-electron chi connectivity index (χ4n) is 3.31. The van der Waals surface area contributed by atoms with Gasteiger partial charge in [0.15, 0.2) is 5.78 Å². The van der Waals surface area contributed by atoms with Crippen LogP contribution in [0.4, 0.5) is 8.78 Å². The number of para-hydroxylation sites is 1. The summed E-state index contributed by atoms with van der Waals surface area (Å²) in [6.07, 6.45) is 1.17. The molecule has 4 nitrogen and oxygen atoms in total. The second kappa shape index (κ2) is 7.31. The van der Waals surface area contributed by atoms with Crippen LogP contribution in [0.15, 0.2) is 42.6 Å². The van der Waals surface area contributed by atoms with Crippen LogP contribution in [0, 0.1) is 11.6 Å². The molecule has 0 fully saturated rings. The first-order valence-corrected chi connectivity index (χ1v) is 8.60. The van der Waals surface area contributed by atoms with Crippen molar-refractivity contribution >= 4 is 22.7 Å². The Bertz CT molecular complexity index is 1020. The molecule has 3 rings (SSSR count). The van der Waals surface area contributed by atoms with E-state index in [0.717, 1.165) is 28.6 Å². The fraction of sp³-hybridized carbons (Fsp3) is 0.238. The van der Waals surface area contributed by atoms with E-state index >= 15 is 0 Å². The molecule has 2 aromatic carbocycles. The topological polar surface area (TPSA) is 70.2 Å². The zero-order chi connectivity index (χ0) is 19.7. The lowest BCUT2D eigenvalue weighted by Crippen LogP contribution is -2.17. The molecule has 0 aliphatic rings. The third kappa shape index (κ3) is 3.60. The van der Waals surface area contributed by atoms with Gasteiger partial charge in [-0.25, -0.2) is 8.78 Å². The molecule has 0 aliphatic heterocycles. The normalized spacial score (nSPS) is 12.5. The van der Waals surface area contributed by atoms with E-state index in [4.69, 9.17) is 0 Å². The van der Waals surface area contributed by atoms with Crippen LogP contribution in [-0.4, -0.2) is 21.8 Å². The number of carbonyl (C=O) groups is 2. The number of fused-ring (bicyclic) bond motifs is 1. The molecule has 1 aromatic heterocycles. The van der Waals surface area contributed by atoms with E-state index in [1.165, 1.54) is 0 Å². The van der Waals surface area contributed by atoms with Crippen LogP contribution >= 0.6 is 0 Å². The molecule has 0 saturated heterocycles. The number of ketones is 1. The monoisotopic (exact) mass is 371 g/mol. The van der Waals surface area contributed by atoms with Crippen molar-refractivity contribution in [1.29, 1.82) is 0 Å². The lowest BCUT2D eigenvalue weighted by molar-refractivity contribution is -0.138. The Kier molecular flexibility index (Phi) is 5.08. The summed E-state index contributed by atoms with van der Waals surface area (Å²) < 4.78 is 26.9. The number of H-pyrrole nitrogens is 1. The van der Waals surface area contributed by atoms with Crippen LogP contribution in [0.25, 0.3) is 10.9 Å². The molecule has 0 radical (unpaired) electrons. The van der Waals surface area contributed by atoms with Crippen molar-refractivity contribution in [2.45, 2.75) is 32.1 Å². The van der Waals surface area contributed by atoms with Crippen LogP contribution in [-0.2, 0) is 4.79 Å².